The molecule has 37 heavy (non-hydrogen) atoms. The number of amides is 3. The third-order valence-corrected chi connectivity index (χ3v) is 8.67. The van der Waals surface area contributed by atoms with Gasteiger partial charge >= 0.3 is 0 Å². The summed E-state index contributed by atoms with van der Waals surface area (Å²) in [5, 5.41) is 4.44. The lowest BCUT2D eigenvalue weighted by Gasteiger charge is -2.47. The average molecular weight is 554 g/mol. The molecule has 1 aromatic rings. The monoisotopic (exact) mass is 552 g/mol. The molecule has 2 heterocycles. The fourth-order valence-electron chi connectivity index (χ4n) is 5.57. The van der Waals surface area contributed by atoms with Gasteiger partial charge in [-0.3, -0.25) is 29.5 Å². The summed E-state index contributed by atoms with van der Waals surface area (Å²) in [6.45, 7) is 4.85. The second-order valence-corrected chi connectivity index (χ2v) is 11.5. The van der Waals surface area contributed by atoms with E-state index in [-0.39, 0.29) is 36.2 Å². The van der Waals surface area contributed by atoms with Gasteiger partial charge in [-0.05, 0) is 37.0 Å². The molecule has 11 heteroatoms. The number of piperazine rings is 1. The Bertz CT molecular complexity index is 1000. The third kappa shape index (κ3) is 6.95. The summed E-state index contributed by atoms with van der Waals surface area (Å²) in [7, 11) is 5.31. The van der Waals surface area contributed by atoms with Crippen molar-refractivity contribution >= 4 is 40.9 Å². The number of likely N-dealkylation sites (N-methyl/N-ethyl adjacent to an activating group) is 2. The predicted molar refractivity (Wildman–Crippen MR) is 144 cm³/mol. The van der Waals surface area contributed by atoms with Crippen molar-refractivity contribution in [3.63, 3.8) is 0 Å². The van der Waals surface area contributed by atoms with Crippen molar-refractivity contribution in [2.24, 2.45) is 5.92 Å². The topological polar surface area (TPSA) is 79.4 Å². The summed E-state index contributed by atoms with van der Waals surface area (Å²) in [6.07, 6.45) is 2.82. The van der Waals surface area contributed by atoms with E-state index in [1.165, 1.54) is 0 Å². The van der Waals surface area contributed by atoms with Gasteiger partial charge < -0.3 is 14.7 Å². The molecule has 9 nitrogen and oxygen atoms in total. The van der Waals surface area contributed by atoms with Crippen LogP contribution in [0, 0.1) is 5.92 Å². The number of nitrogens with one attached hydrogen (secondary N) is 1. The van der Waals surface area contributed by atoms with Crippen LogP contribution in [0.15, 0.2) is 18.2 Å². The highest BCUT2D eigenvalue weighted by Gasteiger charge is 2.42. The van der Waals surface area contributed by atoms with Crippen LogP contribution in [0.3, 0.4) is 0 Å². The average Bonchev–Trinajstić information content (AvgIpc) is 2.88. The molecule has 3 amide bonds. The van der Waals surface area contributed by atoms with Gasteiger partial charge in [-0.25, -0.2) is 0 Å². The van der Waals surface area contributed by atoms with Crippen LogP contribution in [0.5, 0.6) is 0 Å². The summed E-state index contributed by atoms with van der Waals surface area (Å²) in [6, 6.07) is 5.85. The molecule has 0 aromatic heterocycles. The first-order chi connectivity index (χ1) is 17.6. The minimum atomic E-state index is -0.117. The summed E-state index contributed by atoms with van der Waals surface area (Å²) < 4.78 is 0. The van der Waals surface area contributed by atoms with Gasteiger partial charge in [0.05, 0.1) is 29.2 Å². The fourth-order valence-corrected chi connectivity index (χ4v) is 5.89. The number of hydrogen-bond acceptors (Lipinski definition) is 6. The molecule has 0 radical (unpaired) electrons. The number of fused-ring (bicyclic) bond motifs is 1. The molecule has 4 rings (SSSR count). The van der Waals surface area contributed by atoms with Gasteiger partial charge in [0.15, 0.2) is 0 Å². The molecule has 0 bridgehead atoms. The number of rotatable bonds is 7. The van der Waals surface area contributed by atoms with E-state index in [1.54, 1.807) is 48.0 Å². The summed E-state index contributed by atoms with van der Waals surface area (Å²) in [5.41, 5.74) is 0.884. The largest absolute Gasteiger partial charge is 0.348 e. The number of halogens is 2. The van der Waals surface area contributed by atoms with Crippen molar-refractivity contribution in [3.05, 3.63) is 33.8 Å². The normalized spacial score (nSPS) is 25.1. The van der Waals surface area contributed by atoms with E-state index in [4.69, 9.17) is 23.2 Å². The molecule has 2 saturated heterocycles. The standard InChI is InChI=1S/C26H38Cl2N6O3/c1-30(2)24(35)15-32-8-10-33(11-9-32)19-5-7-23-20(13-19)26(37)34(17-29-23)16-25(36)31(3)14-18-4-6-21(27)22(28)12-18/h4,6,12,19-20,23,29H,5,7-11,13-17H2,1-3H3. The van der Waals surface area contributed by atoms with Crippen LogP contribution < -0.4 is 5.32 Å². The Hall–Kier alpha value is -1.91. The smallest absolute Gasteiger partial charge is 0.242 e. The molecule has 3 aliphatic rings. The Morgan fingerprint density at radius 3 is 2.41 bits per heavy atom. The molecule has 1 aromatic carbocycles. The Balaban J connectivity index is 1.28. The highest BCUT2D eigenvalue weighted by Crippen LogP contribution is 2.32. The maximum atomic E-state index is 13.4. The second-order valence-electron chi connectivity index (χ2n) is 10.7. The van der Waals surface area contributed by atoms with Crippen LogP contribution in [-0.4, -0.2) is 121 Å². The zero-order valence-electron chi connectivity index (χ0n) is 22.0. The molecule has 1 N–H and O–H groups in total. The van der Waals surface area contributed by atoms with Crippen LogP contribution in [0.4, 0.5) is 0 Å². The number of carbonyl (C=O) groups excluding carboxylic acids is 3. The molecule has 0 spiro atoms. The SMILES string of the molecule is CN(C)C(=O)CN1CCN(C2CCC3NCN(CC(=O)N(C)Cc4ccc(Cl)c(Cl)c4)C(=O)C3C2)CC1. The number of hydrogen-bond donors (Lipinski definition) is 1. The van der Waals surface area contributed by atoms with Crippen molar-refractivity contribution in [3.8, 4) is 0 Å². The van der Waals surface area contributed by atoms with Crippen LogP contribution in [0.1, 0.15) is 24.8 Å². The molecule has 1 aliphatic carbocycles. The van der Waals surface area contributed by atoms with Gasteiger partial charge in [0, 0.05) is 66.0 Å². The van der Waals surface area contributed by atoms with E-state index >= 15 is 0 Å². The fraction of sp³-hybridized carbons (Fsp3) is 0.654. The summed E-state index contributed by atoms with van der Waals surface area (Å²) >= 11 is 12.1. The summed E-state index contributed by atoms with van der Waals surface area (Å²) in [4.78, 5) is 48.0. The van der Waals surface area contributed by atoms with Gasteiger partial charge in [-0.2, -0.15) is 0 Å². The first-order valence-corrected chi connectivity index (χ1v) is 13.7. The minimum absolute atomic E-state index is 0.0517. The first kappa shape index (κ1) is 28.1. The van der Waals surface area contributed by atoms with Crippen LogP contribution >= 0.6 is 23.2 Å². The zero-order chi connectivity index (χ0) is 26.7. The molecule has 1 saturated carbocycles. The van der Waals surface area contributed by atoms with Crippen molar-refractivity contribution < 1.29 is 14.4 Å². The summed E-state index contributed by atoms with van der Waals surface area (Å²) in [5.74, 6) is -0.0329. The number of carbonyl (C=O) groups is 3. The lowest BCUT2D eigenvalue weighted by Crippen LogP contribution is -2.62. The van der Waals surface area contributed by atoms with Gasteiger partial charge in [0.2, 0.25) is 17.7 Å². The molecule has 3 unspecified atom stereocenters. The molecule has 2 aliphatic heterocycles. The van der Waals surface area contributed by atoms with Gasteiger partial charge in [-0.15, -0.1) is 0 Å². The third-order valence-electron chi connectivity index (χ3n) is 7.93. The van der Waals surface area contributed by atoms with Gasteiger partial charge in [-0.1, -0.05) is 29.3 Å². The number of nitrogens with zero attached hydrogens (tertiary/aromatic N) is 5. The van der Waals surface area contributed by atoms with Gasteiger partial charge in [0.1, 0.15) is 6.54 Å². The Morgan fingerprint density at radius 2 is 1.73 bits per heavy atom. The van der Waals surface area contributed by atoms with Crippen LogP contribution in [0.25, 0.3) is 0 Å². The van der Waals surface area contributed by atoms with Crippen molar-refractivity contribution in [1.29, 1.82) is 0 Å². The van der Waals surface area contributed by atoms with E-state index in [0.29, 0.717) is 35.8 Å². The van der Waals surface area contributed by atoms with Crippen LogP contribution in [-0.2, 0) is 20.9 Å². The zero-order valence-corrected chi connectivity index (χ0v) is 23.5. The Morgan fingerprint density at radius 1 is 1.00 bits per heavy atom. The van der Waals surface area contributed by atoms with E-state index in [1.807, 2.05) is 6.07 Å². The van der Waals surface area contributed by atoms with E-state index < -0.39 is 0 Å². The molecule has 204 valence electrons. The lowest BCUT2D eigenvalue weighted by atomic mass is 9.79. The maximum absolute atomic E-state index is 13.4. The first-order valence-electron chi connectivity index (χ1n) is 13.0. The van der Waals surface area contributed by atoms with Crippen molar-refractivity contribution in [1.82, 2.24) is 29.8 Å². The maximum Gasteiger partial charge on any atom is 0.242 e. The minimum Gasteiger partial charge on any atom is -0.348 e. The highest BCUT2D eigenvalue weighted by molar-refractivity contribution is 6.42. The molecular weight excluding hydrogens is 515 g/mol. The molecule has 3 atom stereocenters. The molecule has 3 fully saturated rings. The molecular formula is C26H38Cl2N6O3. The lowest BCUT2D eigenvalue weighted by molar-refractivity contribution is -0.148. The van der Waals surface area contributed by atoms with E-state index in [0.717, 1.165) is 51.0 Å². The van der Waals surface area contributed by atoms with E-state index in [9.17, 15) is 14.4 Å². The van der Waals surface area contributed by atoms with Crippen molar-refractivity contribution in [2.75, 3.05) is 67.1 Å². The quantitative estimate of drug-likeness (QED) is 0.553. The van der Waals surface area contributed by atoms with Crippen molar-refractivity contribution in [2.45, 2.75) is 37.9 Å². The Kier molecular flexibility index (Phi) is 9.34. The number of benzene rings is 1. The van der Waals surface area contributed by atoms with Crippen LogP contribution in [0.2, 0.25) is 10.0 Å². The predicted octanol–water partition coefficient (Wildman–Crippen LogP) is 1.58. The Labute approximate surface area is 229 Å². The second kappa shape index (κ2) is 12.3. The van der Waals surface area contributed by atoms with Gasteiger partial charge in [0.25, 0.3) is 0 Å². The highest BCUT2D eigenvalue weighted by atomic mass is 35.5. The van der Waals surface area contributed by atoms with E-state index in [2.05, 4.69) is 15.1 Å².